The molecule has 5 rings (SSSR count). The molecule has 0 aromatic heterocycles. The molecular formula is C52H84N10O2. The smallest absolute Gasteiger partial charge is 0.147 e. The average molecular weight is 881 g/mol. The van der Waals surface area contributed by atoms with Crippen LogP contribution in [0.1, 0.15) is 139 Å². The van der Waals surface area contributed by atoms with Gasteiger partial charge < -0.3 is 66.8 Å². The van der Waals surface area contributed by atoms with Crippen molar-refractivity contribution < 1.29 is 9.47 Å². The highest BCUT2D eigenvalue weighted by molar-refractivity contribution is 5.69. The molecule has 0 heterocycles. The molecule has 0 amide bonds. The Morgan fingerprint density at radius 1 is 0.406 bits per heavy atom. The van der Waals surface area contributed by atoms with E-state index in [2.05, 4.69) is 83.1 Å². The molecule has 0 atom stereocenters. The average Bonchev–Trinajstić information content (AvgIpc) is 3.19. The van der Waals surface area contributed by atoms with Crippen LogP contribution in [0.5, 0.6) is 11.5 Å². The van der Waals surface area contributed by atoms with E-state index in [0.717, 1.165) is 103 Å². The highest BCUT2D eigenvalue weighted by Crippen LogP contribution is 2.38. The summed E-state index contributed by atoms with van der Waals surface area (Å²) in [4.78, 5) is 0. The molecule has 12 nitrogen and oxygen atoms in total. The summed E-state index contributed by atoms with van der Waals surface area (Å²) in [6, 6.07) is 18.9. The number of anilines is 10. The van der Waals surface area contributed by atoms with Crippen molar-refractivity contribution in [3.63, 3.8) is 0 Å². The standard InChI is InChI=1S/C14H24N2.C12H20N2.C10H16N2.C8H12N2O2.C8H12N2/c1-13(2,3)10-7-9(15)8-11(12(10)16)14(4,5)6;1-7(2)10-5-9(13)6-11(8(3)4)12(10)14;1-3-7-5-9(11)6-8(4-2)10(7)12;1-11-6-3-5(9)4-7(12-2)8(6)10;1-5-3-7(9)4-6(2)8(5)10/h7-8H,15-16H2,1-6H3;5-8H,13-14H2,1-4H3;5-6H,3-4,11-12H2,1-2H3;3-4H,9-10H2,1-2H3;3-4H,9-10H2,1-2H3. The highest BCUT2D eigenvalue weighted by atomic mass is 16.5. The third-order valence-electron chi connectivity index (χ3n) is 10.6. The maximum atomic E-state index is 6.27. The first-order chi connectivity index (χ1) is 29.4. The second-order valence-electron chi connectivity index (χ2n) is 18.8. The molecule has 5 aromatic rings. The first-order valence-electron chi connectivity index (χ1n) is 21.9. The minimum atomic E-state index is 0.0272. The molecule has 0 saturated heterocycles. The summed E-state index contributed by atoms with van der Waals surface area (Å²) in [7, 11) is 3.06. The number of rotatable bonds is 6. The van der Waals surface area contributed by atoms with Crippen molar-refractivity contribution in [3.8, 4) is 11.5 Å². The van der Waals surface area contributed by atoms with Gasteiger partial charge in [-0.25, -0.2) is 0 Å². The summed E-state index contributed by atoms with van der Waals surface area (Å²) in [5, 5.41) is 0. The molecule has 0 radical (unpaired) electrons. The van der Waals surface area contributed by atoms with E-state index in [-0.39, 0.29) is 10.8 Å². The molecule has 0 unspecified atom stereocenters. The quantitative estimate of drug-likeness (QED) is 0.0713. The molecule has 64 heavy (non-hydrogen) atoms. The SMILES string of the molecule is CC(C)(C)c1cc(N)cc(C(C)(C)C)c1N.CC(C)c1cc(N)cc(C(C)C)c1N.CCc1cc(N)cc(CC)c1N.COc1cc(N)cc(OC)c1N.Cc1cc(N)cc(C)c1N. The summed E-state index contributed by atoms with van der Waals surface area (Å²) in [6.07, 6.45) is 1.90. The van der Waals surface area contributed by atoms with E-state index in [4.69, 9.17) is 66.8 Å². The fraction of sp³-hybridized carbons (Fsp3) is 0.423. The topological polar surface area (TPSA) is 279 Å². The number of hydrogen-bond acceptors (Lipinski definition) is 12. The van der Waals surface area contributed by atoms with Crippen LogP contribution in [0.25, 0.3) is 0 Å². The van der Waals surface area contributed by atoms with Crippen LogP contribution in [-0.4, -0.2) is 14.2 Å². The second-order valence-corrected chi connectivity index (χ2v) is 18.8. The van der Waals surface area contributed by atoms with Crippen molar-refractivity contribution >= 4 is 56.9 Å². The van der Waals surface area contributed by atoms with Crippen molar-refractivity contribution in [2.45, 2.75) is 132 Å². The van der Waals surface area contributed by atoms with E-state index < -0.39 is 0 Å². The monoisotopic (exact) mass is 881 g/mol. The molecule has 0 saturated carbocycles. The molecular weight excluding hydrogens is 797 g/mol. The zero-order valence-corrected chi connectivity index (χ0v) is 41.9. The Balaban J connectivity index is 0.000000403. The van der Waals surface area contributed by atoms with E-state index in [0.29, 0.717) is 34.7 Å². The van der Waals surface area contributed by atoms with Crippen molar-refractivity contribution in [3.05, 3.63) is 105 Å². The van der Waals surface area contributed by atoms with E-state index in [1.54, 1.807) is 12.1 Å². The lowest BCUT2D eigenvalue weighted by molar-refractivity contribution is 0.399. The van der Waals surface area contributed by atoms with Gasteiger partial charge in [0.15, 0.2) is 0 Å². The van der Waals surface area contributed by atoms with Gasteiger partial charge in [0.2, 0.25) is 0 Å². The lowest BCUT2D eigenvalue weighted by Gasteiger charge is -2.28. The normalized spacial score (nSPS) is 10.9. The van der Waals surface area contributed by atoms with Gasteiger partial charge in [-0.05, 0) is 142 Å². The lowest BCUT2D eigenvalue weighted by Crippen LogP contribution is -2.20. The van der Waals surface area contributed by atoms with Crippen LogP contribution in [0.3, 0.4) is 0 Å². The Morgan fingerprint density at radius 2 is 0.719 bits per heavy atom. The van der Waals surface area contributed by atoms with Gasteiger partial charge in [-0.1, -0.05) is 83.1 Å². The van der Waals surface area contributed by atoms with E-state index >= 15 is 0 Å². The minimum Gasteiger partial charge on any atom is -0.494 e. The van der Waals surface area contributed by atoms with Crippen LogP contribution >= 0.6 is 0 Å². The fourth-order valence-electron chi connectivity index (χ4n) is 6.95. The van der Waals surface area contributed by atoms with Crippen LogP contribution in [0.15, 0.2) is 60.7 Å². The fourth-order valence-corrected chi connectivity index (χ4v) is 6.95. The molecule has 0 aliphatic carbocycles. The number of nitrogens with two attached hydrogens (primary N) is 10. The predicted octanol–water partition coefficient (Wildman–Crippen LogP) is 10.9. The van der Waals surface area contributed by atoms with Crippen LogP contribution in [0.4, 0.5) is 56.9 Å². The predicted molar refractivity (Wildman–Crippen MR) is 283 cm³/mol. The Kier molecular flexibility index (Phi) is 20.9. The van der Waals surface area contributed by atoms with Gasteiger partial charge in [0.05, 0.1) is 14.2 Å². The number of ether oxygens (including phenoxy) is 2. The maximum Gasteiger partial charge on any atom is 0.147 e. The molecule has 0 bridgehead atoms. The number of nitrogen functional groups attached to an aromatic ring is 10. The first-order valence-corrected chi connectivity index (χ1v) is 21.9. The Labute approximate surface area is 385 Å². The molecule has 12 heteroatoms. The summed E-state index contributed by atoms with van der Waals surface area (Å²) < 4.78 is 9.97. The van der Waals surface area contributed by atoms with E-state index in [9.17, 15) is 0 Å². The van der Waals surface area contributed by atoms with Gasteiger partial charge in [-0.3, -0.25) is 0 Å². The Morgan fingerprint density at radius 3 is 1.03 bits per heavy atom. The Hall–Kier alpha value is -6.30. The molecule has 20 N–H and O–H groups in total. The van der Waals surface area contributed by atoms with Gasteiger partial charge >= 0.3 is 0 Å². The van der Waals surface area contributed by atoms with Crippen LogP contribution in [-0.2, 0) is 23.7 Å². The second kappa shape index (κ2) is 24.0. The van der Waals surface area contributed by atoms with Gasteiger partial charge in [0.1, 0.15) is 17.2 Å². The number of hydrogen-bond donors (Lipinski definition) is 10. The van der Waals surface area contributed by atoms with Crippen molar-refractivity contribution in [2.24, 2.45) is 0 Å². The zero-order valence-electron chi connectivity index (χ0n) is 41.9. The van der Waals surface area contributed by atoms with Gasteiger partial charge in [-0.2, -0.15) is 0 Å². The maximum absolute atomic E-state index is 6.27. The van der Waals surface area contributed by atoms with Crippen LogP contribution in [0, 0.1) is 13.8 Å². The molecule has 0 spiro atoms. The highest BCUT2D eigenvalue weighted by Gasteiger charge is 2.24. The molecule has 0 fully saturated rings. The van der Waals surface area contributed by atoms with Gasteiger partial charge in [-0.15, -0.1) is 0 Å². The van der Waals surface area contributed by atoms with Crippen molar-refractivity contribution in [1.29, 1.82) is 0 Å². The van der Waals surface area contributed by atoms with Gasteiger partial charge in [0, 0.05) is 63.3 Å². The lowest BCUT2D eigenvalue weighted by atomic mass is 9.78. The number of aryl methyl sites for hydroxylation is 4. The number of benzene rings is 5. The van der Waals surface area contributed by atoms with Crippen molar-refractivity contribution in [1.82, 2.24) is 0 Å². The van der Waals surface area contributed by atoms with Gasteiger partial charge in [0.25, 0.3) is 0 Å². The summed E-state index contributed by atoms with van der Waals surface area (Å²) in [5.41, 5.74) is 75.2. The molecule has 5 aromatic carbocycles. The molecule has 0 aliphatic heterocycles. The summed E-state index contributed by atoms with van der Waals surface area (Å²) >= 11 is 0. The van der Waals surface area contributed by atoms with E-state index in [1.807, 2.05) is 62.4 Å². The van der Waals surface area contributed by atoms with Crippen molar-refractivity contribution in [2.75, 3.05) is 71.6 Å². The van der Waals surface area contributed by atoms with E-state index in [1.165, 1.54) is 14.2 Å². The molecule has 354 valence electrons. The van der Waals surface area contributed by atoms with Crippen LogP contribution < -0.4 is 66.8 Å². The third kappa shape index (κ3) is 16.1. The Bertz CT molecular complexity index is 2090. The number of methoxy groups -OCH3 is 2. The molecule has 0 aliphatic rings. The summed E-state index contributed by atoms with van der Waals surface area (Å²) in [6.45, 7) is 29.6. The first kappa shape index (κ1) is 55.7. The summed E-state index contributed by atoms with van der Waals surface area (Å²) in [5.74, 6) is 1.92. The largest absolute Gasteiger partial charge is 0.494 e. The van der Waals surface area contributed by atoms with Crippen LogP contribution in [0.2, 0.25) is 0 Å². The third-order valence-corrected chi connectivity index (χ3v) is 10.6. The zero-order chi connectivity index (χ0) is 49.6. The minimum absolute atomic E-state index is 0.0272.